The Balaban J connectivity index is 5.92. The van der Waals surface area contributed by atoms with Gasteiger partial charge in [0.25, 0.3) is 0 Å². The Hall–Kier alpha value is -0.0800. The SMILES string of the molecule is CCCC(C)(C)[N+]([O-])(C(C)(C)CCC)C(C)(C)CCC. The predicted octanol–water partition coefficient (Wildman–Crippen LogP) is 6.04. The van der Waals surface area contributed by atoms with E-state index in [2.05, 4.69) is 62.3 Å². The molecule has 0 spiro atoms. The van der Waals surface area contributed by atoms with E-state index in [0.717, 1.165) is 38.5 Å². The quantitative estimate of drug-likeness (QED) is 0.374. The molecule has 0 fully saturated rings. The van der Waals surface area contributed by atoms with Crippen LogP contribution >= 0.6 is 0 Å². The molecule has 0 N–H and O–H groups in total. The van der Waals surface area contributed by atoms with Crippen LogP contribution in [-0.4, -0.2) is 21.3 Å². The maximum Gasteiger partial charge on any atom is 0.0940 e. The third-order valence-corrected chi connectivity index (χ3v) is 5.14. The van der Waals surface area contributed by atoms with Crippen molar-refractivity contribution >= 4 is 0 Å². The Labute approximate surface area is 128 Å². The Morgan fingerprint density at radius 1 is 0.600 bits per heavy atom. The van der Waals surface area contributed by atoms with Gasteiger partial charge in [-0.3, -0.25) is 0 Å². The van der Waals surface area contributed by atoms with Gasteiger partial charge in [-0.15, -0.1) is 0 Å². The van der Waals surface area contributed by atoms with Crippen LogP contribution in [0.4, 0.5) is 0 Å². The second kappa shape index (κ2) is 6.79. The first-order valence-corrected chi connectivity index (χ1v) is 8.54. The lowest BCUT2D eigenvalue weighted by Crippen LogP contribution is -2.75. The summed E-state index contributed by atoms with van der Waals surface area (Å²) in [6, 6.07) is 0. The summed E-state index contributed by atoms with van der Waals surface area (Å²) in [4.78, 5) is 0. The van der Waals surface area contributed by atoms with Crippen molar-refractivity contribution in [1.29, 1.82) is 0 Å². The minimum absolute atomic E-state index is 0.0808. The summed E-state index contributed by atoms with van der Waals surface area (Å²) >= 11 is 0. The lowest BCUT2D eigenvalue weighted by atomic mass is 9.78. The summed E-state index contributed by atoms with van der Waals surface area (Å²) in [5, 5.41) is 14.3. The third-order valence-electron chi connectivity index (χ3n) is 5.14. The summed E-state index contributed by atoms with van der Waals surface area (Å²) in [5.74, 6) is 0. The van der Waals surface area contributed by atoms with Gasteiger partial charge in [-0.1, -0.05) is 40.0 Å². The summed E-state index contributed by atoms with van der Waals surface area (Å²) in [5.41, 5.74) is -0.732. The van der Waals surface area contributed by atoms with Crippen molar-refractivity contribution in [3.63, 3.8) is 0 Å². The minimum Gasteiger partial charge on any atom is -0.632 e. The van der Waals surface area contributed by atoms with E-state index in [4.69, 9.17) is 0 Å². The third kappa shape index (κ3) is 3.39. The van der Waals surface area contributed by atoms with Crippen molar-refractivity contribution in [3.05, 3.63) is 5.21 Å². The van der Waals surface area contributed by atoms with Gasteiger partial charge in [0.1, 0.15) is 0 Å². The highest BCUT2D eigenvalue weighted by atomic mass is 16.6. The smallest absolute Gasteiger partial charge is 0.0940 e. The Kier molecular flexibility index (Phi) is 6.76. The van der Waals surface area contributed by atoms with E-state index in [1.807, 2.05) is 0 Å². The van der Waals surface area contributed by atoms with Gasteiger partial charge >= 0.3 is 0 Å². The van der Waals surface area contributed by atoms with Gasteiger partial charge < -0.3 is 9.85 Å². The van der Waals surface area contributed by atoms with Gasteiger partial charge in [0.2, 0.25) is 0 Å². The number of hydroxylamine groups is 3. The van der Waals surface area contributed by atoms with E-state index in [9.17, 15) is 5.21 Å². The van der Waals surface area contributed by atoms with Gasteiger partial charge in [-0.05, 0) is 41.5 Å². The van der Waals surface area contributed by atoms with Crippen LogP contribution in [-0.2, 0) is 0 Å². The molecule has 0 rings (SSSR count). The van der Waals surface area contributed by atoms with Crippen LogP contribution in [0.15, 0.2) is 0 Å². The van der Waals surface area contributed by atoms with Crippen molar-refractivity contribution in [1.82, 2.24) is 0 Å². The summed E-state index contributed by atoms with van der Waals surface area (Å²) in [6.07, 6.45) is 6.16. The first-order valence-electron chi connectivity index (χ1n) is 8.54. The maximum atomic E-state index is 14.3. The summed E-state index contributed by atoms with van der Waals surface area (Å²) < 4.78 is -0.0808. The molecule has 20 heavy (non-hydrogen) atoms. The van der Waals surface area contributed by atoms with Crippen molar-refractivity contribution in [2.45, 2.75) is 117 Å². The molecule has 0 atom stereocenters. The first-order chi connectivity index (χ1) is 8.93. The molecule has 0 aromatic rings. The monoisotopic (exact) mass is 285 g/mol. The van der Waals surface area contributed by atoms with E-state index in [1.54, 1.807) is 0 Å². The fourth-order valence-corrected chi connectivity index (χ4v) is 4.77. The molecule has 0 saturated carbocycles. The molecule has 2 heteroatoms. The van der Waals surface area contributed by atoms with Crippen LogP contribution in [0.1, 0.15) is 101 Å². The average Bonchev–Trinajstić information content (AvgIpc) is 2.26. The minimum atomic E-state index is -0.244. The van der Waals surface area contributed by atoms with Crippen LogP contribution < -0.4 is 0 Å². The van der Waals surface area contributed by atoms with Crippen LogP contribution in [0.3, 0.4) is 0 Å². The molecular formula is C18H39NO. The zero-order chi connectivity index (χ0) is 16.2. The van der Waals surface area contributed by atoms with Crippen LogP contribution in [0.2, 0.25) is 0 Å². The number of quaternary nitrogens is 1. The van der Waals surface area contributed by atoms with E-state index >= 15 is 0 Å². The molecular weight excluding hydrogens is 246 g/mol. The Morgan fingerprint density at radius 3 is 0.950 bits per heavy atom. The zero-order valence-corrected chi connectivity index (χ0v) is 15.6. The maximum absolute atomic E-state index is 14.3. The highest BCUT2D eigenvalue weighted by Gasteiger charge is 2.54. The number of nitrogens with zero attached hydrogens (tertiary/aromatic N) is 1. The van der Waals surface area contributed by atoms with Crippen molar-refractivity contribution in [3.8, 4) is 0 Å². The molecule has 0 saturated heterocycles. The van der Waals surface area contributed by atoms with Gasteiger partial charge in [0, 0.05) is 19.3 Å². The number of hydrogen-bond donors (Lipinski definition) is 0. The van der Waals surface area contributed by atoms with Crippen molar-refractivity contribution < 1.29 is 4.65 Å². The second-order valence-corrected chi connectivity index (χ2v) is 8.30. The number of hydrogen-bond acceptors (Lipinski definition) is 1. The van der Waals surface area contributed by atoms with E-state index < -0.39 is 0 Å². The highest BCUT2D eigenvalue weighted by molar-refractivity contribution is 4.88. The molecule has 0 radical (unpaired) electrons. The Bertz CT molecular complexity index is 246. The molecule has 0 aliphatic heterocycles. The highest BCUT2D eigenvalue weighted by Crippen LogP contribution is 2.48. The zero-order valence-electron chi connectivity index (χ0n) is 15.6. The fourth-order valence-electron chi connectivity index (χ4n) is 4.77. The van der Waals surface area contributed by atoms with Gasteiger partial charge in [0.05, 0.1) is 16.6 Å². The molecule has 0 heterocycles. The van der Waals surface area contributed by atoms with Crippen LogP contribution in [0, 0.1) is 5.21 Å². The van der Waals surface area contributed by atoms with E-state index in [-0.39, 0.29) is 21.3 Å². The second-order valence-electron chi connectivity index (χ2n) is 8.30. The van der Waals surface area contributed by atoms with E-state index in [1.165, 1.54) is 0 Å². The molecule has 0 aliphatic carbocycles. The van der Waals surface area contributed by atoms with Crippen molar-refractivity contribution in [2.24, 2.45) is 0 Å². The topological polar surface area (TPSA) is 23.1 Å². The molecule has 0 aromatic carbocycles. The van der Waals surface area contributed by atoms with Gasteiger partial charge in [-0.25, -0.2) is 0 Å². The summed E-state index contributed by atoms with van der Waals surface area (Å²) in [7, 11) is 0. The first kappa shape index (κ1) is 19.9. The predicted molar refractivity (Wildman–Crippen MR) is 90.6 cm³/mol. The molecule has 122 valence electrons. The molecule has 0 aliphatic rings. The normalized spacial score (nSPS) is 14.7. The van der Waals surface area contributed by atoms with Gasteiger partial charge in [-0.2, -0.15) is 0 Å². The molecule has 0 unspecified atom stereocenters. The van der Waals surface area contributed by atoms with E-state index in [0.29, 0.717) is 0 Å². The van der Waals surface area contributed by atoms with Crippen LogP contribution in [0.25, 0.3) is 0 Å². The lowest BCUT2D eigenvalue weighted by molar-refractivity contribution is -1.01. The average molecular weight is 286 g/mol. The molecule has 0 bridgehead atoms. The Morgan fingerprint density at radius 2 is 0.800 bits per heavy atom. The van der Waals surface area contributed by atoms with Gasteiger partial charge in [0.15, 0.2) is 0 Å². The fraction of sp³-hybridized carbons (Fsp3) is 1.00. The van der Waals surface area contributed by atoms with Crippen molar-refractivity contribution in [2.75, 3.05) is 0 Å². The molecule has 2 nitrogen and oxygen atoms in total. The lowest BCUT2D eigenvalue weighted by Gasteiger charge is -2.70. The van der Waals surface area contributed by atoms with Crippen LogP contribution in [0.5, 0.6) is 0 Å². The standard InChI is InChI=1S/C18H39NO/c1-10-13-16(4,5)19(20,17(6,7)14-11-2)18(8,9)15-12-3/h10-15H2,1-9H3. The number of rotatable bonds is 9. The molecule has 0 amide bonds. The summed E-state index contributed by atoms with van der Waals surface area (Å²) in [6.45, 7) is 19.6. The molecule has 0 aromatic heterocycles. The largest absolute Gasteiger partial charge is 0.632 e.